The van der Waals surface area contributed by atoms with Crippen molar-refractivity contribution >= 4 is 15.7 Å². The minimum absolute atomic E-state index is 0.0576. The van der Waals surface area contributed by atoms with Gasteiger partial charge in [-0.25, -0.2) is 17.8 Å². The fourth-order valence-electron chi connectivity index (χ4n) is 4.34. The van der Waals surface area contributed by atoms with Crippen LogP contribution in [0.5, 0.6) is 5.88 Å². The molecule has 4 rings (SSSR count). The number of methoxy groups -OCH3 is 1. The molecule has 0 unspecified atom stereocenters. The summed E-state index contributed by atoms with van der Waals surface area (Å²) in [5.41, 5.74) is 1.25. The van der Waals surface area contributed by atoms with Crippen molar-refractivity contribution in [1.82, 2.24) is 9.88 Å². The Balaban J connectivity index is 1.53. The maximum Gasteiger partial charge on any atom is 0.262 e. The molecule has 1 N–H and O–H groups in total. The average Bonchev–Trinajstić information content (AvgIpc) is 2.93. The zero-order chi connectivity index (χ0) is 22.9. The highest BCUT2D eigenvalue weighted by molar-refractivity contribution is 7.92. The number of nitrogens with one attached hydrogen (secondary N) is 1. The Morgan fingerprint density at radius 1 is 1.22 bits per heavy atom. The van der Waals surface area contributed by atoms with Crippen LogP contribution in [0, 0.1) is 0 Å². The van der Waals surface area contributed by atoms with Gasteiger partial charge in [-0.2, -0.15) is 0 Å². The highest BCUT2D eigenvalue weighted by Crippen LogP contribution is 2.46. The molecule has 0 radical (unpaired) electrons. The van der Waals surface area contributed by atoms with Gasteiger partial charge in [-0.05, 0) is 49.7 Å². The van der Waals surface area contributed by atoms with E-state index in [9.17, 15) is 8.42 Å². The lowest BCUT2D eigenvalue weighted by atomic mass is 9.74. The predicted molar refractivity (Wildman–Crippen MR) is 120 cm³/mol. The van der Waals surface area contributed by atoms with Crippen LogP contribution in [0.2, 0.25) is 0 Å². The number of hydrogen-bond donors (Lipinski definition) is 1. The van der Waals surface area contributed by atoms with Gasteiger partial charge in [0.1, 0.15) is 11.4 Å². The lowest BCUT2D eigenvalue weighted by molar-refractivity contribution is -0.0967. The number of halogens is 1. The van der Waals surface area contributed by atoms with Gasteiger partial charge in [0, 0.05) is 44.7 Å². The summed E-state index contributed by atoms with van der Waals surface area (Å²) in [6, 6.07) is 7.76. The van der Waals surface area contributed by atoms with Crippen LogP contribution in [0.15, 0.2) is 35.2 Å². The van der Waals surface area contributed by atoms with E-state index < -0.39 is 15.7 Å². The normalized spacial score (nSPS) is 23.7. The van der Waals surface area contributed by atoms with Gasteiger partial charge in [0.25, 0.3) is 10.0 Å². The van der Waals surface area contributed by atoms with Crippen LogP contribution in [-0.4, -0.2) is 58.3 Å². The molecule has 0 amide bonds. The van der Waals surface area contributed by atoms with E-state index in [4.69, 9.17) is 9.47 Å². The van der Waals surface area contributed by atoms with Crippen LogP contribution in [0.25, 0.3) is 0 Å². The minimum Gasteiger partial charge on any atom is -0.479 e. The smallest absolute Gasteiger partial charge is 0.262 e. The van der Waals surface area contributed by atoms with Crippen molar-refractivity contribution in [3.63, 3.8) is 0 Å². The molecule has 1 aromatic heterocycles. The Morgan fingerprint density at radius 3 is 2.56 bits per heavy atom. The largest absolute Gasteiger partial charge is 0.479 e. The molecule has 9 heteroatoms. The van der Waals surface area contributed by atoms with E-state index in [1.54, 1.807) is 12.1 Å². The SMILES string of the molecule is CCOC1CC(F)(c2ccc(S(=O)(=O)Nc3cc4c(nc3OC)CCN(C)CC4)cc2)C1. The molecule has 32 heavy (non-hydrogen) atoms. The van der Waals surface area contributed by atoms with Crippen LogP contribution in [-0.2, 0) is 33.3 Å². The Kier molecular flexibility index (Phi) is 6.42. The first-order chi connectivity index (χ1) is 15.2. The van der Waals surface area contributed by atoms with Crippen molar-refractivity contribution in [3.8, 4) is 5.88 Å². The summed E-state index contributed by atoms with van der Waals surface area (Å²) in [4.78, 5) is 6.83. The molecule has 1 aromatic carbocycles. The van der Waals surface area contributed by atoms with E-state index in [0.29, 0.717) is 30.7 Å². The topological polar surface area (TPSA) is 80.8 Å². The lowest BCUT2D eigenvalue weighted by Gasteiger charge is -2.41. The van der Waals surface area contributed by atoms with E-state index in [1.165, 1.54) is 19.2 Å². The quantitative estimate of drug-likeness (QED) is 0.679. The van der Waals surface area contributed by atoms with Gasteiger partial charge in [-0.15, -0.1) is 0 Å². The van der Waals surface area contributed by atoms with E-state index in [0.717, 1.165) is 37.2 Å². The number of pyridine rings is 1. The number of fused-ring (bicyclic) bond motifs is 1. The maximum atomic E-state index is 15.0. The Bertz CT molecular complexity index is 1070. The Hall–Kier alpha value is -2.23. The molecule has 0 saturated heterocycles. The zero-order valence-electron chi connectivity index (χ0n) is 18.7. The number of ether oxygens (including phenoxy) is 2. The van der Waals surface area contributed by atoms with E-state index in [-0.39, 0.29) is 16.9 Å². The van der Waals surface area contributed by atoms with Crippen molar-refractivity contribution in [3.05, 3.63) is 47.2 Å². The third-order valence-corrected chi connectivity index (χ3v) is 7.66. The summed E-state index contributed by atoms with van der Waals surface area (Å²) in [5.74, 6) is 0.243. The molecule has 1 aliphatic carbocycles. The molecular weight excluding hydrogens is 433 g/mol. The first kappa shape index (κ1) is 22.9. The lowest BCUT2D eigenvalue weighted by Crippen LogP contribution is -2.42. The predicted octanol–water partition coefficient (Wildman–Crippen LogP) is 3.29. The zero-order valence-corrected chi connectivity index (χ0v) is 19.5. The molecule has 1 saturated carbocycles. The first-order valence-corrected chi connectivity index (χ1v) is 12.4. The second-order valence-electron chi connectivity index (χ2n) is 8.54. The number of alkyl halides is 1. The number of benzene rings is 1. The Morgan fingerprint density at radius 2 is 1.91 bits per heavy atom. The molecule has 0 atom stereocenters. The van der Waals surface area contributed by atoms with Crippen LogP contribution < -0.4 is 9.46 Å². The fraction of sp³-hybridized carbons (Fsp3) is 0.522. The van der Waals surface area contributed by atoms with Crippen LogP contribution in [0.4, 0.5) is 10.1 Å². The van der Waals surface area contributed by atoms with Gasteiger partial charge in [-0.1, -0.05) is 12.1 Å². The van der Waals surface area contributed by atoms with Gasteiger partial charge < -0.3 is 14.4 Å². The summed E-state index contributed by atoms with van der Waals surface area (Å²) >= 11 is 0. The molecule has 0 spiro atoms. The number of likely N-dealkylation sites (N-methyl/N-ethyl adjacent to an activating group) is 1. The molecule has 1 fully saturated rings. The van der Waals surface area contributed by atoms with Crippen molar-refractivity contribution in [2.45, 2.75) is 49.3 Å². The van der Waals surface area contributed by atoms with Gasteiger partial charge in [0.2, 0.25) is 5.88 Å². The van der Waals surface area contributed by atoms with Crippen molar-refractivity contribution in [2.24, 2.45) is 0 Å². The second kappa shape index (κ2) is 8.96. The summed E-state index contributed by atoms with van der Waals surface area (Å²) in [6.07, 6.45) is 2.07. The van der Waals surface area contributed by atoms with Crippen molar-refractivity contribution in [1.29, 1.82) is 0 Å². The van der Waals surface area contributed by atoms with E-state index in [2.05, 4.69) is 21.7 Å². The second-order valence-corrected chi connectivity index (χ2v) is 10.2. The number of sulfonamides is 1. The standard InChI is InChI=1S/C23H30FN3O4S/c1-4-31-18-14-23(24,15-18)17-5-7-19(8-6-17)32(28,29)26-21-13-16-9-11-27(2)12-10-20(16)25-22(21)30-3/h5-8,13,18,26H,4,9-12,14-15H2,1-3H3. The molecule has 0 bridgehead atoms. The number of aromatic nitrogens is 1. The fourth-order valence-corrected chi connectivity index (χ4v) is 5.39. The molecule has 174 valence electrons. The molecule has 2 aliphatic rings. The number of rotatable bonds is 7. The first-order valence-electron chi connectivity index (χ1n) is 10.9. The monoisotopic (exact) mass is 463 g/mol. The summed E-state index contributed by atoms with van der Waals surface area (Å²) in [5, 5.41) is 0. The number of anilines is 1. The molecule has 2 aromatic rings. The van der Waals surface area contributed by atoms with E-state index >= 15 is 4.39 Å². The third kappa shape index (κ3) is 4.60. The summed E-state index contributed by atoms with van der Waals surface area (Å²) in [7, 11) is -0.365. The van der Waals surface area contributed by atoms with E-state index in [1.807, 2.05) is 13.0 Å². The highest BCUT2D eigenvalue weighted by Gasteiger charge is 2.46. The minimum atomic E-state index is -3.89. The summed E-state index contributed by atoms with van der Waals surface area (Å²) in [6.45, 7) is 4.21. The Labute approximate surface area is 189 Å². The van der Waals surface area contributed by atoms with Gasteiger partial charge in [-0.3, -0.25) is 4.72 Å². The average molecular weight is 464 g/mol. The van der Waals surface area contributed by atoms with Crippen molar-refractivity contribution < 1.29 is 22.3 Å². The maximum absolute atomic E-state index is 15.0. The van der Waals surface area contributed by atoms with Gasteiger partial charge >= 0.3 is 0 Å². The molecular formula is C23H30FN3O4S. The molecule has 1 aliphatic heterocycles. The van der Waals surface area contributed by atoms with Crippen LogP contribution in [0.1, 0.15) is 36.6 Å². The van der Waals surface area contributed by atoms with Gasteiger partial charge in [0.15, 0.2) is 0 Å². The third-order valence-electron chi connectivity index (χ3n) is 6.27. The molecule has 7 nitrogen and oxygen atoms in total. The number of nitrogens with zero attached hydrogens (tertiary/aromatic N) is 2. The van der Waals surface area contributed by atoms with Gasteiger partial charge in [0.05, 0.1) is 18.1 Å². The number of hydrogen-bond acceptors (Lipinski definition) is 6. The molecule has 2 heterocycles. The highest BCUT2D eigenvalue weighted by atomic mass is 32.2. The van der Waals surface area contributed by atoms with Crippen LogP contribution in [0.3, 0.4) is 0 Å². The summed E-state index contributed by atoms with van der Waals surface area (Å²) < 4.78 is 54.5. The van der Waals surface area contributed by atoms with Crippen molar-refractivity contribution in [2.75, 3.05) is 38.6 Å². The van der Waals surface area contributed by atoms with Crippen LogP contribution >= 0.6 is 0 Å².